The van der Waals surface area contributed by atoms with Crippen molar-refractivity contribution in [3.05, 3.63) is 46.7 Å². The van der Waals surface area contributed by atoms with E-state index in [1.807, 2.05) is 11.3 Å². The summed E-state index contributed by atoms with van der Waals surface area (Å²) >= 11 is 1.90. The molecule has 2 heterocycles. The number of likely N-dealkylation sites (tertiary alicyclic amines) is 1. The van der Waals surface area contributed by atoms with Gasteiger partial charge in [-0.3, -0.25) is 4.90 Å². The average molecular weight is 257 g/mol. The molecule has 0 unspecified atom stereocenters. The van der Waals surface area contributed by atoms with Crippen LogP contribution < -0.4 is 0 Å². The molecule has 0 amide bonds. The summed E-state index contributed by atoms with van der Waals surface area (Å²) in [4.78, 5) is 4.12. The first-order valence-electron chi connectivity index (χ1n) is 6.77. The second kappa shape index (κ2) is 5.68. The summed E-state index contributed by atoms with van der Waals surface area (Å²) in [5.74, 6) is 0. The summed E-state index contributed by atoms with van der Waals surface area (Å²) in [5.41, 5.74) is 2.77. The lowest BCUT2D eigenvalue weighted by Crippen LogP contribution is -2.28. The van der Waals surface area contributed by atoms with Crippen molar-refractivity contribution in [3.8, 4) is 11.1 Å². The zero-order chi connectivity index (χ0) is 12.2. The standard InChI is InChI=1S/C16H19NS/c1-3-7-14(8-4-1)15-9-12-18-16(15)13-17-10-5-2-6-11-17/h1,3-4,7-9,12H,2,5-6,10-11,13H2. The van der Waals surface area contributed by atoms with Gasteiger partial charge in [-0.05, 0) is 48.5 Å². The fraction of sp³-hybridized carbons (Fsp3) is 0.375. The van der Waals surface area contributed by atoms with Gasteiger partial charge in [0.2, 0.25) is 0 Å². The molecule has 2 heteroatoms. The number of piperidine rings is 1. The summed E-state index contributed by atoms with van der Waals surface area (Å²) in [5, 5.41) is 2.22. The fourth-order valence-corrected chi connectivity index (χ4v) is 3.60. The number of benzene rings is 1. The van der Waals surface area contributed by atoms with Crippen LogP contribution in [-0.4, -0.2) is 18.0 Å². The molecular formula is C16H19NS. The van der Waals surface area contributed by atoms with Crippen molar-refractivity contribution in [2.24, 2.45) is 0 Å². The maximum absolute atomic E-state index is 2.60. The Kier molecular flexibility index (Phi) is 3.77. The molecule has 1 aliphatic heterocycles. The Morgan fingerprint density at radius 1 is 0.944 bits per heavy atom. The van der Waals surface area contributed by atoms with Gasteiger partial charge in [-0.1, -0.05) is 36.8 Å². The molecule has 1 aromatic carbocycles. The highest BCUT2D eigenvalue weighted by atomic mass is 32.1. The van der Waals surface area contributed by atoms with Crippen LogP contribution >= 0.6 is 11.3 Å². The Labute approximate surface area is 113 Å². The van der Waals surface area contributed by atoms with Gasteiger partial charge in [-0.15, -0.1) is 11.3 Å². The van der Waals surface area contributed by atoms with Gasteiger partial charge in [0.1, 0.15) is 0 Å². The largest absolute Gasteiger partial charge is 0.298 e. The molecule has 3 rings (SSSR count). The molecule has 1 aromatic heterocycles. The predicted molar refractivity (Wildman–Crippen MR) is 78.9 cm³/mol. The van der Waals surface area contributed by atoms with Crippen LogP contribution in [0.15, 0.2) is 41.8 Å². The number of rotatable bonds is 3. The average Bonchev–Trinajstić information content (AvgIpc) is 2.89. The van der Waals surface area contributed by atoms with E-state index < -0.39 is 0 Å². The summed E-state index contributed by atoms with van der Waals surface area (Å²) in [7, 11) is 0. The zero-order valence-electron chi connectivity index (χ0n) is 10.6. The number of hydrogen-bond donors (Lipinski definition) is 0. The van der Waals surface area contributed by atoms with Crippen molar-refractivity contribution in [2.75, 3.05) is 13.1 Å². The van der Waals surface area contributed by atoms with Crippen LogP contribution in [0.3, 0.4) is 0 Å². The van der Waals surface area contributed by atoms with E-state index in [-0.39, 0.29) is 0 Å². The first kappa shape index (κ1) is 11.9. The van der Waals surface area contributed by atoms with Crippen molar-refractivity contribution >= 4 is 11.3 Å². The lowest BCUT2D eigenvalue weighted by atomic mass is 10.1. The monoisotopic (exact) mass is 257 g/mol. The molecule has 94 valence electrons. The van der Waals surface area contributed by atoms with Crippen molar-refractivity contribution in [1.29, 1.82) is 0 Å². The predicted octanol–water partition coefficient (Wildman–Crippen LogP) is 4.40. The molecule has 0 saturated carbocycles. The Morgan fingerprint density at radius 2 is 1.72 bits per heavy atom. The van der Waals surface area contributed by atoms with Gasteiger partial charge in [0.25, 0.3) is 0 Å². The van der Waals surface area contributed by atoms with Gasteiger partial charge in [0.15, 0.2) is 0 Å². The van der Waals surface area contributed by atoms with Gasteiger partial charge >= 0.3 is 0 Å². The van der Waals surface area contributed by atoms with Gasteiger partial charge in [0.05, 0.1) is 0 Å². The van der Waals surface area contributed by atoms with Crippen LogP contribution in [0.4, 0.5) is 0 Å². The second-order valence-electron chi connectivity index (χ2n) is 4.96. The van der Waals surface area contributed by atoms with E-state index in [0.717, 1.165) is 6.54 Å². The minimum atomic E-state index is 1.13. The van der Waals surface area contributed by atoms with Crippen LogP contribution in [0.5, 0.6) is 0 Å². The highest BCUT2D eigenvalue weighted by Gasteiger charge is 2.14. The van der Waals surface area contributed by atoms with Crippen LogP contribution in [-0.2, 0) is 6.54 Å². The molecule has 1 aliphatic rings. The number of nitrogens with zero attached hydrogens (tertiary/aromatic N) is 1. The Morgan fingerprint density at radius 3 is 2.50 bits per heavy atom. The SMILES string of the molecule is c1ccc(-c2ccsc2CN2CCCCC2)cc1. The van der Waals surface area contributed by atoms with E-state index in [1.54, 1.807) is 0 Å². The Bertz CT molecular complexity index is 483. The number of thiophene rings is 1. The first-order valence-corrected chi connectivity index (χ1v) is 7.65. The fourth-order valence-electron chi connectivity index (χ4n) is 2.66. The normalized spacial score (nSPS) is 16.9. The Balaban J connectivity index is 1.79. The van der Waals surface area contributed by atoms with Gasteiger partial charge < -0.3 is 0 Å². The van der Waals surface area contributed by atoms with Gasteiger partial charge in [0, 0.05) is 11.4 Å². The smallest absolute Gasteiger partial charge is 0.0334 e. The highest BCUT2D eigenvalue weighted by molar-refractivity contribution is 7.10. The third kappa shape index (κ3) is 2.65. The molecule has 0 spiro atoms. The Hall–Kier alpha value is -1.12. The molecule has 2 aromatic rings. The first-order chi connectivity index (χ1) is 8.93. The minimum absolute atomic E-state index is 1.13. The lowest BCUT2D eigenvalue weighted by Gasteiger charge is -2.26. The van der Waals surface area contributed by atoms with Crippen molar-refractivity contribution in [2.45, 2.75) is 25.8 Å². The molecule has 0 aliphatic carbocycles. The molecule has 0 radical (unpaired) electrons. The van der Waals surface area contributed by atoms with E-state index in [2.05, 4.69) is 46.7 Å². The van der Waals surface area contributed by atoms with E-state index in [0.29, 0.717) is 0 Å². The van der Waals surface area contributed by atoms with Crippen molar-refractivity contribution < 1.29 is 0 Å². The van der Waals surface area contributed by atoms with E-state index in [4.69, 9.17) is 0 Å². The molecular weight excluding hydrogens is 238 g/mol. The van der Waals surface area contributed by atoms with Crippen LogP contribution in [0.2, 0.25) is 0 Å². The molecule has 1 fully saturated rings. The summed E-state index contributed by atoms with van der Waals surface area (Å²) in [6, 6.07) is 13.0. The van der Waals surface area contributed by atoms with Crippen molar-refractivity contribution in [1.82, 2.24) is 4.90 Å². The van der Waals surface area contributed by atoms with Crippen LogP contribution in [0, 0.1) is 0 Å². The van der Waals surface area contributed by atoms with E-state index in [9.17, 15) is 0 Å². The van der Waals surface area contributed by atoms with Crippen molar-refractivity contribution in [3.63, 3.8) is 0 Å². The molecule has 0 bridgehead atoms. The zero-order valence-corrected chi connectivity index (χ0v) is 11.5. The minimum Gasteiger partial charge on any atom is -0.298 e. The topological polar surface area (TPSA) is 3.24 Å². The van der Waals surface area contributed by atoms with E-state index >= 15 is 0 Å². The van der Waals surface area contributed by atoms with Crippen LogP contribution in [0.25, 0.3) is 11.1 Å². The lowest BCUT2D eigenvalue weighted by molar-refractivity contribution is 0.223. The third-order valence-electron chi connectivity index (χ3n) is 3.65. The van der Waals surface area contributed by atoms with E-state index in [1.165, 1.54) is 48.4 Å². The third-order valence-corrected chi connectivity index (χ3v) is 4.55. The number of hydrogen-bond acceptors (Lipinski definition) is 2. The summed E-state index contributed by atoms with van der Waals surface area (Å²) in [6.07, 6.45) is 4.14. The molecule has 0 N–H and O–H groups in total. The van der Waals surface area contributed by atoms with Gasteiger partial charge in [-0.2, -0.15) is 0 Å². The molecule has 1 nitrogen and oxygen atoms in total. The second-order valence-corrected chi connectivity index (χ2v) is 5.96. The molecule has 0 atom stereocenters. The van der Waals surface area contributed by atoms with Gasteiger partial charge in [-0.25, -0.2) is 0 Å². The summed E-state index contributed by atoms with van der Waals surface area (Å²) < 4.78 is 0. The maximum Gasteiger partial charge on any atom is 0.0334 e. The maximum atomic E-state index is 2.60. The van der Waals surface area contributed by atoms with Crippen LogP contribution in [0.1, 0.15) is 24.1 Å². The molecule has 18 heavy (non-hydrogen) atoms. The summed E-state index contributed by atoms with van der Waals surface area (Å²) in [6.45, 7) is 3.67. The highest BCUT2D eigenvalue weighted by Crippen LogP contribution is 2.29. The molecule has 1 saturated heterocycles. The quantitative estimate of drug-likeness (QED) is 0.787.